The van der Waals surface area contributed by atoms with Crippen LogP contribution in [0.25, 0.3) is 0 Å². The van der Waals surface area contributed by atoms with Crippen molar-refractivity contribution in [1.82, 2.24) is 5.32 Å². The maximum absolute atomic E-state index is 13.6. The van der Waals surface area contributed by atoms with Crippen molar-refractivity contribution in [2.75, 3.05) is 5.32 Å². The molecule has 1 atom stereocenters. The van der Waals surface area contributed by atoms with E-state index in [-0.39, 0.29) is 5.56 Å². The number of urea groups is 1. The van der Waals surface area contributed by atoms with Gasteiger partial charge in [-0.2, -0.15) is 0 Å². The summed E-state index contributed by atoms with van der Waals surface area (Å²) in [5.41, 5.74) is 0.726. The lowest BCUT2D eigenvalue weighted by Crippen LogP contribution is -2.31. The number of hydrogen-bond acceptors (Lipinski definition) is 1. The van der Waals surface area contributed by atoms with Crippen LogP contribution >= 0.6 is 11.6 Å². The molecular formula is C15H13ClF2N2O. The Balaban J connectivity index is 2.02. The van der Waals surface area contributed by atoms with Crippen molar-refractivity contribution in [2.45, 2.75) is 13.0 Å². The van der Waals surface area contributed by atoms with Crippen molar-refractivity contribution < 1.29 is 13.6 Å². The van der Waals surface area contributed by atoms with Crippen LogP contribution in [0.3, 0.4) is 0 Å². The normalized spacial score (nSPS) is 11.8. The van der Waals surface area contributed by atoms with Crippen molar-refractivity contribution in [1.29, 1.82) is 0 Å². The molecule has 0 aliphatic rings. The van der Waals surface area contributed by atoms with Crippen molar-refractivity contribution in [3.05, 3.63) is 64.7 Å². The molecule has 6 heteroatoms. The molecule has 0 aliphatic carbocycles. The summed E-state index contributed by atoms with van der Waals surface area (Å²) in [7, 11) is 0. The zero-order chi connectivity index (χ0) is 15.4. The molecule has 3 nitrogen and oxygen atoms in total. The van der Waals surface area contributed by atoms with Crippen LogP contribution in [0.5, 0.6) is 0 Å². The maximum atomic E-state index is 13.6. The number of halogens is 3. The van der Waals surface area contributed by atoms with Gasteiger partial charge in [-0.05, 0) is 31.2 Å². The molecule has 0 radical (unpaired) electrons. The number of rotatable bonds is 3. The molecule has 2 N–H and O–H groups in total. The molecule has 0 bridgehead atoms. The summed E-state index contributed by atoms with van der Waals surface area (Å²) in [5.74, 6) is -1.36. The summed E-state index contributed by atoms with van der Waals surface area (Å²) in [6.45, 7) is 1.61. The van der Waals surface area contributed by atoms with Gasteiger partial charge >= 0.3 is 6.03 Å². The first-order valence-electron chi connectivity index (χ1n) is 6.24. The minimum Gasteiger partial charge on any atom is -0.331 e. The van der Waals surface area contributed by atoms with Gasteiger partial charge in [0.2, 0.25) is 0 Å². The average molecular weight is 311 g/mol. The third kappa shape index (κ3) is 4.16. The van der Waals surface area contributed by atoms with E-state index in [1.807, 2.05) is 0 Å². The van der Waals surface area contributed by atoms with Crippen LogP contribution in [0.1, 0.15) is 18.5 Å². The quantitative estimate of drug-likeness (QED) is 0.861. The van der Waals surface area contributed by atoms with E-state index in [1.165, 1.54) is 6.07 Å². The fourth-order valence-electron chi connectivity index (χ4n) is 1.86. The van der Waals surface area contributed by atoms with Gasteiger partial charge in [0.05, 0.1) is 6.04 Å². The zero-order valence-corrected chi connectivity index (χ0v) is 11.9. The number of carbonyl (C=O) groups excluding carboxylic acids is 1. The Morgan fingerprint density at radius 1 is 1.19 bits per heavy atom. The van der Waals surface area contributed by atoms with E-state index in [2.05, 4.69) is 10.6 Å². The summed E-state index contributed by atoms with van der Waals surface area (Å²) in [6.07, 6.45) is 0. The molecule has 2 aromatic rings. The number of nitrogens with one attached hydrogen (secondary N) is 2. The molecule has 0 aromatic heterocycles. The molecule has 0 heterocycles. The van der Waals surface area contributed by atoms with E-state index in [0.29, 0.717) is 10.7 Å². The van der Waals surface area contributed by atoms with E-state index in [9.17, 15) is 13.6 Å². The van der Waals surface area contributed by atoms with Crippen LogP contribution in [0, 0.1) is 11.6 Å². The minimum absolute atomic E-state index is 0.206. The number of hydrogen-bond donors (Lipinski definition) is 2. The Morgan fingerprint density at radius 3 is 2.62 bits per heavy atom. The average Bonchev–Trinajstić information content (AvgIpc) is 2.38. The molecule has 2 aromatic carbocycles. The highest BCUT2D eigenvalue weighted by molar-refractivity contribution is 6.30. The standard InChI is InChI=1S/C15H13ClF2N2O/c1-9(13-6-5-11(17)8-14(13)18)19-15(21)20-12-4-2-3-10(16)7-12/h2-9H,1H3,(H2,19,20,21)/t9-/m1/s1. The van der Waals surface area contributed by atoms with E-state index in [0.717, 1.165) is 12.1 Å². The first kappa shape index (κ1) is 15.3. The Bertz CT molecular complexity index is 664. The predicted octanol–water partition coefficient (Wildman–Crippen LogP) is 4.50. The fraction of sp³-hybridized carbons (Fsp3) is 0.133. The second-order valence-electron chi connectivity index (χ2n) is 4.50. The largest absolute Gasteiger partial charge is 0.331 e. The van der Waals surface area contributed by atoms with Gasteiger partial charge in [0.25, 0.3) is 0 Å². The minimum atomic E-state index is -0.703. The van der Waals surface area contributed by atoms with Crippen LogP contribution in [0.4, 0.5) is 19.3 Å². The van der Waals surface area contributed by atoms with Crippen LogP contribution in [0.2, 0.25) is 5.02 Å². The van der Waals surface area contributed by atoms with Crippen molar-refractivity contribution in [2.24, 2.45) is 0 Å². The topological polar surface area (TPSA) is 41.1 Å². The third-order valence-electron chi connectivity index (χ3n) is 2.86. The summed E-state index contributed by atoms with van der Waals surface area (Å²) < 4.78 is 26.4. The number of amides is 2. The second-order valence-corrected chi connectivity index (χ2v) is 4.93. The predicted molar refractivity (Wildman–Crippen MR) is 78.4 cm³/mol. The smallest absolute Gasteiger partial charge is 0.319 e. The van der Waals surface area contributed by atoms with Gasteiger partial charge in [-0.1, -0.05) is 23.7 Å². The number of benzene rings is 2. The summed E-state index contributed by atoms with van der Waals surface area (Å²) >= 11 is 5.81. The Morgan fingerprint density at radius 2 is 1.95 bits per heavy atom. The van der Waals surface area contributed by atoms with Crippen molar-refractivity contribution in [3.8, 4) is 0 Å². The van der Waals surface area contributed by atoms with Gasteiger partial charge < -0.3 is 10.6 Å². The number of carbonyl (C=O) groups is 1. The lowest BCUT2D eigenvalue weighted by atomic mass is 10.1. The summed E-state index contributed by atoms with van der Waals surface area (Å²) in [6, 6.07) is 8.75. The SMILES string of the molecule is C[C@@H](NC(=O)Nc1cccc(Cl)c1)c1ccc(F)cc1F. The molecule has 2 amide bonds. The van der Waals surface area contributed by atoms with Crippen LogP contribution in [0.15, 0.2) is 42.5 Å². The monoisotopic (exact) mass is 310 g/mol. The summed E-state index contributed by atoms with van der Waals surface area (Å²) in [5, 5.41) is 5.64. The van der Waals surface area contributed by atoms with Crippen molar-refractivity contribution in [3.63, 3.8) is 0 Å². The number of anilines is 1. The van der Waals surface area contributed by atoms with Crippen LogP contribution in [-0.4, -0.2) is 6.03 Å². The molecule has 0 unspecified atom stereocenters. The zero-order valence-electron chi connectivity index (χ0n) is 11.2. The molecular weight excluding hydrogens is 298 g/mol. The third-order valence-corrected chi connectivity index (χ3v) is 3.09. The van der Waals surface area contributed by atoms with Gasteiger partial charge in [0, 0.05) is 22.3 Å². The van der Waals surface area contributed by atoms with Gasteiger partial charge in [-0.25, -0.2) is 13.6 Å². The highest BCUT2D eigenvalue weighted by Gasteiger charge is 2.14. The van der Waals surface area contributed by atoms with Gasteiger partial charge in [0.15, 0.2) is 0 Å². The highest BCUT2D eigenvalue weighted by atomic mass is 35.5. The van der Waals surface area contributed by atoms with E-state index in [1.54, 1.807) is 31.2 Å². The lowest BCUT2D eigenvalue weighted by Gasteiger charge is -2.16. The van der Waals surface area contributed by atoms with Gasteiger partial charge in [-0.15, -0.1) is 0 Å². The van der Waals surface area contributed by atoms with Crippen LogP contribution < -0.4 is 10.6 Å². The first-order valence-corrected chi connectivity index (χ1v) is 6.61. The van der Waals surface area contributed by atoms with E-state index in [4.69, 9.17) is 11.6 Å². The fourth-order valence-corrected chi connectivity index (χ4v) is 2.05. The Hall–Kier alpha value is -2.14. The molecule has 21 heavy (non-hydrogen) atoms. The molecule has 110 valence electrons. The van der Waals surface area contributed by atoms with Gasteiger partial charge in [-0.3, -0.25) is 0 Å². The Kier molecular flexibility index (Phi) is 4.75. The van der Waals surface area contributed by atoms with E-state index >= 15 is 0 Å². The second kappa shape index (κ2) is 6.54. The van der Waals surface area contributed by atoms with Crippen molar-refractivity contribution >= 4 is 23.3 Å². The molecule has 2 rings (SSSR count). The molecule has 0 saturated carbocycles. The molecule has 0 fully saturated rings. The molecule has 0 aliphatic heterocycles. The molecule has 0 saturated heterocycles. The highest BCUT2D eigenvalue weighted by Crippen LogP contribution is 2.18. The van der Waals surface area contributed by atoms with E-state index < -0.39 is 23.7 Å². The lowest BCUT2D eigenvalue weighted by molar-refractivity contribution is 0.249. The first-order chi connectivity index (χ1) is 9.95. The maximum Gasteiger partial charge on any atom is 0.319 e. The summed E-state index contributed by atoms with van der Waals surface area (Å²) in [4.78, 5) is 11.8. The van der Waals surface area contributed by atoms with Crippen LogP contribution in [-0.2, 0) is 0 Å². The Labute approximate surface area is 125 Å². The molecule has 0 spiro atoms. The van der Waals surface area contributed by atoms with Gasteiger partial charge in [0.1, 0.15) is 11.6 Å².